The summed E-state index contributed by atoms with van der Waals surface area (Å²) in [6.07, 6.45) is 15.7. The molecule has 0 heterocycles. The van der Waals surface area contributed by atoms with E-state index in [1.807, 2.05) is 3.59 Å². The molecule has 0 saturated heterocycles. The van der Waals surface area contributed by atoms with Crippen LogP contribution in [0.5, 0.6) is 0 Å². The Labute approximate surface area is 139 Å². The van der Waals surface area contributed by atoms with Gasteiger partial charge in [-0.05, 0) is 0 Å². The molecule has 0 amide bonds. The Morgan fingerprint density at radius 3 is 1.67 bits per heavy atom. The summed E-state index contributed by atoms with van der Waals surface area (Å²) in [5, 5.41) is 0. The molecule has 0 aliphatic rings. The molecule has 0 radical (unpaired) electrons. The van der Waals surface area contributed by atoms with Crippen LogP contribution in [0.15, 0.2) is 21.8 Å². The van der Waals surface area contributed by atoms with Crippen molar-refractivity contribution >= 4 is 18.4 Å². The van der Waals surface area contributed by atoms with Gasteiger partial charge in [0.1, 0.15) is 0 Å². The summed E-state index contributed by atoms with van der Waals surface area (Å²) in [6, 6.07) is 0. The molecule has 0 N–H and O–H groups in total. The SMILES string of the molecule is C/C=C\[C@H](C)/C=[C](\C)[Sn]([CH2]CCC)([CH2]CCC)[CH2]CCC. The van der Waals surface area contributed by atoms with Crippen LogP contribution in [-0.2, 0) is 0 Å². The fraction of sp³-hybridized carbons (Fsp3) is 0.800. The average molecular weight is 399 g/mol. The van der Waals surface area contributed by atoms with Crippen LogP contribution < -0.4 is 0 Å². The van der Waals surface area contributed by atoms with Gasteiger partial charge in [0.05, 0.1) is 0 Å². The van der Waals surface area contributed by atoms with Crippen LogP contribution in [0.4, 0.5) is 0 Å². The van der Waals surface area contributed by atoms with Crippen molar-refractivity contribution in [2.24, 2.45) is 5.92 Å². The van der Waals surface area contributed by atoms with Gasteiger partial charge < -0.3 is 0 Å². The van der Waals surface area contributed by atoms with Gasteiger partial charge in [-0.25, -0.2) is 0 Å². The number of unbranched alkanes of at least 4 members (excludes halogenated alkanes) is 3. The molecule has 0 fully saturated rings. The molecule has 21 heavy (non-hydrogen) atoms. The molecule has 1 atom stereocenters. The molecule has 0 nitrogen and oxygen atoms in total. The Kier molecular flexibility index (Phi) is 13.0. The van der Waals surface area contributed by atoms with Crippen molar-refractivity contribution in [2.75, 3.05) is 0 Å². The zero-order valence-electron chi connectivity index (χ0n) is 15.7. The van der Waals surface area contributed by atoms with Crippen LogP contribution in [0.1, 0.15) is 80.1 Å². The van der Waals surface area contributed by atoms with Gasteiger partial charge in [0.15, 0.2) is 0 Å². The Bertz CT molecular complexity index is 279. The molecule has 0 aliphatic carbocycles. The van der Waals surface area contributed by atoms with Crippen molar-refractivity contribution in [3.63, 3.8) is 0 Å². The number of hydrogen-bond acceptors (Lipinski definition) is 0. The third-order valence-corrected chi connectivity index (χ3v) is 21.3. The second-order valence-electron chi connectivity index (χ2n) is 6.83. The van der Waals surface area contributed by atoms with E-state index in [9.17, 15) is 0 Å². The molecule has 0 bridgehead atoms. The van der Waals surface area contributed by atoms with Crippen LogP contribution in [-0.4, -0.2) is 18.4 Å². The van der Waals surface area contributed by atoms with E-state index in [-0.39, 0.29) is 0 Å². The quantitative estimate of drug-likeness (QED) is 0.235. The van der Waals surface area contributed by atoms with Gasteiger partial charge in [-0.1, -0.05) is 0 Å². The van der Waals surface area contributed by atoms with Gasteiger partial charge in [-0.15, -0.1) is 0 Å². The van der Waals surface area contributed by atoms with Gasteiger partial charge >= 0.3 is 139 Å². The summed E-state index contributed by atoms with van der Waals surface area (Å²) in [7, 11) is 0. The maximum atomic E-state index is 2.62. The summed E-state index contributed by atoms with van der Waals surface area (Å²) < 4.78 is 6.65. The first-order chi connectivity index (χ1) is 10.1. The molecule has 0 saturated carbocycles. The van der Waals surface area contributed by atoms with E-state index in [0.29, 0.717) is 5.92 Å². The summed E-state index contributed by atoms with van der Waals surface area (Å²) in [4.78, 5) is 0. The summed E-state index contributed by atoms with van der Waals surface area (Å²) in [6.45, 7) is 14.1. The molecule has 0 aromatic heterocycles. The average Bonchev–Trinajstić information content (AvgIpc) is 2.47. The van der Waals surface area contributed by atoms with E-state index in [4.69, 9.17) is 0 Å². The summed E-state index contributed by atoms with van der Waals surface area (Å²) >= 11 is -2.10. The van der Waals surface area contributed by atoms with E-state index in [0.717, 1.165) is 0 Å². The molecular formula is C20H40Sn. The standard InChI is InChI=1S/C8H13.3C4H9.Sn/c1-4-6-8(3)7-5-2;3*1-3-4-2;/h4,6-8H,1-3H3;3*1,3-4H2,2H3;/b6-4-,7-5?;;;;/t8-;;;;/m0..../s1. The van der Waals surface area contributed by atoms with E-state index in [2.05, 4.69) is 59.8 Å². The fourth-order valence-electron chi connectivity index (χ4n) is 3.44. The number of rotatable bonds is 12. The third-order valence-electron chi connectivity index (χ3n) is 4.87. The van der Waals surface area contributed by atoms with Gasteiger partial charge in [0, 0.05) is 0 Å². The van der Waals surface area contributed by atoms with Crippen LogP contribution in [0.25, 0.3) is 0 Å². The van der Waals surface area contributed by atoms with Gasteiger partial charge in [0.2, 0.25) is 0 Å². The zero-order chi connectivity index (χ0) is 16.1. The Hall–Kier alpha value is 0.279. The number of hydrogen-bond donors (Lipinski definition) is 0. The molecule has 0 spiro atoms. The molecule has 1 heteroatoms. The molecule has 0 rings (SSSR count). The van der Waals surface area contributed by atoms with Gasteiger partial charge in [0.25, 0.3) is 0 Å². The zero-order valence-corrected chi connectivity index (χ0v) is 18.5. The minimum atomic E-state index is -2.10. The normalized spacial score (nSPS) is 14.9. The topological polar surface area (TPSA) is 0 Å². The Morgan fingerprint density at radius 1 is 0.905 bits per heavy atom. The Balaban J connectivity index is 5.25. The van der Waals surface area contributed by atoms with Crippen LogP contribution in [0, 0.1) is 5.92 Å². The van der Waals surface area contributed by atoms with E-state index in [1.54, 1.807) is 13.3 Å². The maximum absolute atomic E-state index is 2.62. The Morgan fingerprint density at radius 2 is 1.33 bits per heavy atom. The second-order valence-corrected chi connectivity index (χ2v) is 20.7. The molecule has 0 aliphatic heterocycles. The molecule has 0 unspecified atom stereocenters. The molecule has 124 valence electrons. The monoisotopic (exact) mass is 400 g/mol. The predicted molar refractivity (Wildman–Crippen MR) is 103 cm³/mol. The minimum absolute atomic E-state index is 0.621. The van der Waals surface area contributed by atoms with Crippen molar-refractivity contribution in [3.8, 4) is 0 Å². The van der Waals surface area contributed by atoms with Crippen molar-refractivity contribution in [2.45, 2.75) is 93.4 Å². The van der Waals surface area contributed by atoms with E-state index in [1.165, 1.54) is 38.5 Å². The predicted octanol–water partition coefficient (Wildman–Crippen LogP) is 7.53. The van der Waals surface area contributed by atoms with E-state index < -0.39 is 18.4 Å². The second kappa shape index (κ2) is 12.8. The molecular weight excluding hydrogens is 359 g/mol. The third kappa shape index (κ3) is 8.47. The van der Waals surface area contributed by atoms with Gasteiger partial charge in [-0.3, -0.25) is 0 Å². The first kappa shape index (κ1) is 21.3. The van der Waals surface area contributed by atoms with Crippen LogP contribution in [0.3, 0.4) is 0 Å². The van der Waals surface area contributed by atoms with Crippen molar-refractivity contribution in [1.29, 1.82) is 0 Å². The molecule has 0 aromatic rings. The van der Waals surface area contributed by atoms with Crippen molar-refractivity contribution in [3.05, 3.63) is 21.8 Å². The van der Waals surface area contributed by atoms with E-state index >= 15 is 0 Å². The van der Waals surface area contributed by atoms with Gasteiger partial charge in [-0.2, -0.15) is 0 Å². The van der Waals surface area contributed by atoms with Crippen LogP contribution >= 0.6 is 0 Å². The van der Waals surface area contributed by atoms with Crippen molar-refractivity contribution in [1.82, 2.24) is 0 Å². The number of allylic oxidation sites excluding steroid dienone is 4. The molecule has 0 aromatic carbocycles. The van der Waals surface area contributed by atoms with Crippen molar-refractivity contribution < 1.29 is 0 Å². The van der Waals surface area contributed by atoms with Crippen LogP contribution in [0.2, 0.25) is 13.3 Å². The summed E-state index contributed by atoms with van der Waals surface area (Å²) in [5.41, 5.74) is 0. The first-order valence-corrected chi connectivity index (χ1v) is 16.9. The fourth-order valence-corrected chi connectivity index (χ4v) is 19.5. The first-order valence-electron chi connectivity index (χ1n) is 9.38. The summed E-state index contributed by atoms with van der Waals surface area (Å²) in [5.74, 6) is 0.621.